The van der Waals surface area contributed by atoms with E-state index in [1.54, 1.807) is 0 Å². The first-order valence-electron chi connectivity index (χ1n) is 8.87. The third kappa shape index (κ3) is 3.14. The molecule has 1 aromatic heterocycles. The molecule has 4 nitrogen and oxygen atoms in total. The fraction of sp³-hybridized carbons (Fsp3) is 0.400. The van der Waals surface area contributed by atoms with Crippen LogP contribution in [0.25, 0.3) is 0 Å². The standard InChI is InChI=1S/C20H23N3O/c24-20(17-5-4-15-2-1-3-16(15)14-17)22-18-8-12-23(13-9-18)19-6-10-21-11-7-19/h4-7,10-11,14,18H,1-3,8-9,12-13H2,(H,22,24). The van der Waals surface area contributed by atoms with Gasteiger partial charge < -0.3 is 10.2 Å². The second-order valence-corrected chi connectivity index (χ2v) is 6.78. The lowest BCUT2D eigenvalue weighted by Crippen LogP contribution is -2.44. The highest BCUT2D eigenvalue weighted by molar-refractivity contribution is 5.94. The van der Waals surface area contributed by atoms with Crippen molar-refractivity contribution >= 4 is 11.6 Å². The van der Waals surface area contributed by atoms with Crippen molar-refractivity contribution in [3.05, 3.63) is 59.4 Å². The normalized spacial score (nSPS) is 17.6. The molecular formula is C20H23N3O. The van der Waals surface area contributed by atoms with E-state index in [1.165, 1.54) is 23.2 Å². The zero-order valence-corrected chi connectivity index (χ0v) is 13.9. The van der Waals surface area contributed by atoms with Crippen molar-refractivity contribution in [2.75, 3.05) is 18.0 Å². The van der Waals surface area contributed by atoms with Crippen LogP contribution in [0.15, 0.2) is 42.7 Å². The predicted octanol–water partition coefficient (Wildman–Crippen LogP) is 2.97. The molecule has 1 aromatic carbocycles. The highest BCUT2D eigenvalue weighted by Crippen LogP contribution is 2.23. The number of piperidine rings is 1. The van der Waals surface area contributed by atoms with E-state index in [4.69, 9.17) is 0 Å². The summed E-state index contributed by atoms with van der Waals surface area (Å²) in [6.07, 6.45) is 9.12. The van der Waals surface area contributed by atoms with Gasteiger partial charge in [-0.3, -0.25) is 9.78 Å². The number of hydrogen-bond donors (Lipinski definition) is 1. The van der Waals surface area contributed by atoms with Crippen LogP contribution in [-0.4, -0.2) is 30.0 Å². The molecule has 0 radical (unpaired) electrons. The number of pyridine rings is 1. The molecule has 0 atom stereocenters. The van der Waals surface area contributed by atoms with Gasteiger partial charge in [0, 0.05) is 42.8 Å². The molecule has 0 unspecified atom stereocenters. The minimum absolute atomic E-state index is 0.0760. The van der Waals surface area contributed by atoms with Gasteiger partial charge in [-0.05, 0) is 67.5 Å². The number of nitrogens with zero attached hydrogens (tertiary/aromatic N) is 2. The lowest BCUT2D eigenvalue weighted by atomic mass is 10.0. The Bertz CT molecular complexity index is 721. The monoisotopic (exact) mass is 321 g/mol. The Hall–Kier alpha value is -2.36. The van der Waals surface area contributed by atoms with Crippen LogP contribution in [0.3, 0.4) is 0 Å². The summed E-state index contributed by atoms with van der Waals surface area (Å²) in [5, 5.41) is 3.22. The average molecular weight is 321 g/mol. The number of rotatable bonds is 3. The highest BCUT2D eigenvalue weighted by atomic mass is 16.1. The zero-order chi connectivity index (χ0) is 16.4. The molecule has 24 heavy (non-hydrogen) atoms. The molecule has 1 fully saturated rings. The number of benzene rings is 1. The van der Waals surface area contributed by atoms with E-state index in [0.717, 1.165) is 44.3 Å². The van der Waals surface area contributed by atoms with Crippen LogP contribution in [0, 0.1) is 0 Å². The maximum atomic E-state index is 12.5. The van der Waals surface area contributed by atoms with Gasteiger partial charge in [0.1, 0.15) is 0 Å². The van der Waals surface area contributed by atoms with Crippen molar-refractivity contribution in [1.29, 1.82) is 0 Å². The first-order valence-corrected chi connectivity index (χ1v) is 8.87. The molecule has 1 saturated heterocycles. The Morgan fingerprint density at radius 1 is 1.04 bits per heavy atom. The Kier molecular flexibility index (Phi) is 4.20. The summed E-state index contributed by atoms with van der Waals surface area (Å²) in [5.74, 6) is 0.0760. The highest BCUT2D eigenvalue weighted by Gasteiger charge is 2.22. The van der Waals surface area contributed by atoms with Gasteiger partial charge in [0.05, 0.1) is 0 Å². The maximum absolute atomic E-state index is 12.5. The number of aryl methyl sites for hydroxylation is 2. The molecule has 2 aromatic rings. The zero-order valence-electron chi connectivity index (χ0n) is 13.9. The van der Waals surface area contributed by atoms with Crippen LogP contribution in [0.1, 0.15) is 40.7 Å². The number of carbonyl (C=O) groups excluding carboxylic acids is 1. The molecule has 1 N–H and O–H groups in total. The third-order valence-corrected chi connectivity index (χ3v) is 5.22. The van der Waals surface area contributed by atoms with E-state index >= 15 is 0 Å². The summed E-state index contributed by atoms with van der Waals surface area (Å²) in [5.41, 5.74) is 4.80. The quantitative estimate of drug-likeness (QED) is 0.945. The van der Waals surface area contributed by atoms with E-state index in [1.807, 2.05) is 30.6 Å². The minimum Gasteiger partial charge on any atom is -0.371 e. The number of amides is 1. The second kappa shape index (κ2) is 6.63. The van der Waals surface area contributed by atoms with Crippen molar-refractivity contribution in [3.63, 3.8) is 0 Å². The number of aromatic nitrogens is 1. The summed E-state index contributed by atoms with van der Waals surface area (Å²) >= 11 is 0. The van der Waals surface area contributed by atoms with Crippen molar-refractivity contribution in [2.45, 2.75) is 38.1 Å². The Morgan fingerprint density at radius 3 is 2.58 bits per heavy atom. The van der Waals surface area contributed by atoms with Crippen molar-refractivity contribution in [3.8, 4) is 0 Å². The van der Waals surface area contributed by atoms with Crippen molar-refractivity contribution in [2.24, 2.45) is 0 Å². The summed E-state index contributed by atoms with van der Waals surface area (Å²) in [4.78, 5) is 19.0. The number of fused-ring (bicyclic) bond motifs is 1. The van der Waals surface area contributed by atoms with Crippen LogP contribution in [0.5, 0.6) is 0 Å². The third-order valence-electron chi connectivity index (χ3n) is 5.22. The first kappa shape index (κ1) is 15.2. The fourth-order valence-corrected chi connectivity index (χ4v) is 3.82. The summed E-state index contributed by atoms with van der Waals surface area (Å²) in [7, 11) is 0. The van der Waals surface area contributed by atoms with Crippen LogP contribution in [0.2, 0.25) is 0 Å². The SMILES string of the molecule is O=C(NC1CCN(c2ccncc2)CC1)c1ccc2c(c1)CCC2. The lowest BCUT2D eigenvalue weighted by Gasteiger charge is -2.33. The first-order chi connectivity index (χ1) is 11.8. The molecule has 1 aliphatic heterocycles. The molecule has 2 aliphatic rings. The van der Waals surface area contributed by atoms with Gasteiger partial charge >= 0.3 is 0 Å². The number of nitrogens with one attached hydrogen (secondary N) is 1. The van der Waals surface area contributed by atoms with Gasteiger partial charge in [-0.25, -0.2) is 0 Å². The number of hydrogen-bond acceptors (Lipinski definition) is 3. The Morgan fingerprint density at radius 2 is 1.79 bits per heavy atom. The molecule has 2 heterocycles. The van der Waals surface area contributed by atoms with E-state index in [2.05, 4.69) is 27.3 Å². The molecule has 1 aliphatic carbocycles. The van der Waals surface area contributed by atoms with Crippen LogP contribution >= 0.6 is 0 Å². The fourth-order valence-electron chi connectivity index (χ4n) is 3.82. The Labute approximate surface area is 142 Å². The molecule has 0 spiro atoms. The van der Waals surface area contributed by atoms with Gasteiger partial charge in [-0.1, -0.05) is 6.07 Å². The Balaban J connectivity index is 1.34. The molecule has 4 rings (SSSR count). The van der Waals surface area contributed by atoms with Crippen molar-refractivity contribution < 1.29 is 4.79 Å². The molecule has 1 amide bonds. The topological polar surface area (TPSA) is 45.2 Å². The van der Waals surface area contributed by atoms with Gasteiger partial charge in [0.2, 0.25) is 0 Å². The van der Waals surface area contributed by atoms with Crippen LogP contribution in [0.4, 0.5) is 5.69 Å². The maximum Gasteiger partial charge on any atom is 0.251 e. The molecule has 124 valence electrons. The average Bonchev–Trinajstić information content (AvgIpc) is 3.11. The summed E-state index contributed by atoms with van der Waals surface area (Å²) < 4.78 is 0. The number of carbonyl (C=O) groups is 1. The largest absolute Gasteiger partial charge is 0.371 e. The molecule has 4 heteroatoms. The van der Waals surface area contributed by atoms with E-state index in [0.29, 0.717) is 0 Å². The minimum atomic E-state index is 0.0760. The predicted molar refractivity (Wildman–Crippen MR) is 95.4 cm³/mol. The van der Waals surface area contributed by atoms with Gasteiger partial charge in [-0.15, -0.1) is 0 Å². The summed E-state index contributed by atoms with van der Waals surface area (Å²) in [6, 6.07) is 10.6. The smallest absolute Gasteiger partial charge is 0.251 e. The van der Waals surface area contributed by atoms with Gasteiger partial charge in [-0.2, -0.15) is 0 Å². The van der Waals surface area contributed by atoms with Crippen molar-refractivity contribution in [1.82, 2.24) is 10.3 Å². The molecule has 0 saturated carbocycles. The van der Waals surface area contributed by atoms with E-state index in [9.17, 15) is 4.79 Å². The van der Waals surface area contributed by atoms with E-state index < -0.39 is 0 Å². The van der Waals surface area contributed by atoms with Crippen LogP contribution < -0.4 is 10.2 Å². The lowest BCUT2D eigenvalue weighted by molar-refractivity contribution is 0.0931. The van der Waals surface area contributed by atoms with Crippen LogP contribution in [-0.2, 0) is 12.8 Å². The van der Waals surface area contributed by atoms with Gasteiger partial charge in [0.25, 0.3) is 5.91 Å². The van der Waals surface area contributed by atoms with E-state index in [-0.39, 0.29) is 11.9 Å². The summed E-state index contributed by atoms with van der Waals surface area (Å²) in [6.45, 7) is 1.94. The van der Waals surface area contributed by atoms with Gasteiger partial charge in [0.15, 0.2) is 0 Å². The molecular weight excluding hydrogens is 298 g/mol. The molecule has 0 bridgehead atoms. The number of anilines is 1. The second-order valence-electron chi connectivity index (χ2n) is 6.78.